The summed E-state index contributed by atoms with van der Waals surface area (Å²) in [5.74, 6) is 1.59. The molecule has 0 spiro atoms. The molecule has 0 aliphatic carbocycles. The van der Waals surface area contributed by atoms with Gasteiger partial charge in [0.15, 0.2) is 5.89 Å². The van der Waals surface area contributed by atoms with Crippen molar-refractivity contribution in [3.05, 3.63) is 87.8 Å². The van der Waals surface area contributed by atoms with Crippen molar-refractivity contribution < 1.29 is 9.21 Å². The second-order valence-electron chi connectivity index (χ2n) is 8.26. The highest BCUT2D eigenvalue weighted by Gasteiger charge is 2.28. The van der Waals surface area contributed by atoms with Crippen molar-refractivity contribution in [2.45, 2.75) is 32.1 Å². The second kappa shape index (κ2) is 9.45. The summed E-state index contributed by atoms with van der Waals surface area (Å²) in [4.78, 5) is 29.4. The number of benzene rings is 1. The number of likely N-dealkylation sites (tertiary alicyclic amines) is 1. The number of aromatic nitrogens is 3. The van der Waals surface area contributed by atoms with Crippen LogP contribution in [0, 0.1) is 6.92 Å². The van der Waals surface area contributed by atoms with Gasteiger partial charge < -0.3 is 9.32 Å². The van der Waals surface area contributed by atoms with Crippen molar-refractivity contribution in [1.82, 2.24) is 19.9 Å². The lowest BCUT2D eigenvalue weighted by atomic mass is 9.97. The van der Waals surface area contributed by atoms with Gasteiger partial charge in [-0.05, 0) is 49.6 Å². The second-order valence-corrected chi connectivity index (χ2v) is 9.55. The van der Waals surface area contributed by atoms with E-state index < -0.39 is 0 Å². The van der Waals surface area contributed by atoms with Gasteiger partial charge in [0.2, 0.25) is 0 Å². The molecule has 1 aliphatic rings. The normalized spacial score (nSPS) is 16.2. The fourth-order valence-corrected chi connectivity index (χ4v) is 5.21. The summed E-state index contributed by atoms with van der Waals surface area (Å²) >= 11 is 7.62. The maximum Gasteiger partial charge on any atom is 0.254 e. The van der Waals surface area contributed by atoms with Crippen LogP contribution in [0.4, 0.5) is 0 Å². The molecule has 1 aromatic carbocycles. The molecule has 0 bridgehead atoms. The van der Waals surface area contributed by atoms with E-state index in [1.807, 2.05) is 42.2 Å². The number of nitrogens with zero attached hydrogens (tertiary/aromatic N) is 4. The summed E-state index contributed by atoms with van der Waals surface area (Å²) in [5, 5.41) is 0.707. The quantitative estimate of drug-likeness (QED) is 0.364. The third-order valence-electron chi connectivity index (χ3n) is 5.88. The van der Waals surface area contributed by atoms with Gasteiger partial charge in [0, 0.05) is 36.3 Å². The van der Waals surface area contributed by atoms with Crippen molar-refractivity contribution in [2.75, 3.05) is 13.1 Å². The Balaban J connectivity index is 1.29. The smallest absolute Gasteiger partial charge is 0.254 e. The van der Waals surface area contributed by atoms with Crippen LogP contribution in [0.3, 0.4) is 0 Å². The van der Waals surface area contributed by atoms with E-state index in [0.717, 1.165) is 47.0 Å². The predicted octanol–water partition coefficient (Wildman–Crippen LogP) is 5.77. The predicted molar refractivity (Wildman–Crippen MR) is 129 cm³/mol. The summed E-state index contributed by atoms with van der Waals surface area (Å²) in [6.45, 7) is 3.27. The number of hydrogen-bond donors (Lipinski definition) is 0. The average molecular weight is 479 g/mol. The highest BCUT2D eigenvalue weighted by Crippen LogP contribution is 2.30. The number of amides is 1. The van der Waals surface area contributed by atoms with Gasteiger partial charge in [0.25, 0.3) is 5.91 Å². The van der Waals surface area contributed by atoms with E-state index in [0.29, 0.717) is 29.4 Å². The number of pyridine rings is 1. The molecule has 4 aromatic rings. The van der Waals surface area contributed by atoms with E-state index in [-0.39, 0.29) is 11.8 Å². The monoisotopic (exact) mass is 478 g/mol. The number of carbonyl (C=O) groups excluding carboxylic acids is 1. The molecule has 0 N–H and O–H groups in total. The Morgan fingerprint density at radius 3 is 2.97 bits per heavy atom. The number of halogens is 1. The molecule has 8 heteroatoms. The van der Waals surface area contributed by atoms with Gasteiger partial charge in [-0.3, -0.25) is 9.78 Å². The molecule has 1 amide bonds. The van der Waals surface area contributed by atoms with Crippen LogP contribution in [0.5, 0.6) is 0 Å². The molecule has 33 heavy (non-hydrogen) atoms. The minimum Gasteiger partial charge on any atom is -0.445 e. The molecule has 0 saturated carbocycles. The Morgan fingerprint density at radius 1 is 1.24 bits per heavy atom. The summed E-state index contributed by atoms with van der Waals surface area (Å²) in [5.41, 5.74) is 5.23. The number of carbonyl (C=O) groups is 1. The maximum absolute atomic E-state index is 13.3. The van der Waals surface area contributed by atoms with Crippen LogP contribution in [-0.4, -0.2) is 38.8 Å². The molecular weight excluding hydrogens is 456 g/mol. The first-order valence-corrected chi connectivity index (χ1v) is 12.2. The largest absolute Gasteiger partial charge is 0.445 e. The number of thiazole rings is 1. The summed E-state index contributed by atoms with van der Waals surface area (Å²) in [7, 11) is 0. The lowest BCUT2D eigenvalue weighted by Crippen LogP contribution is -2.39. The molecule has 5 rings (SSSR count). The number of piperidine rings is 1. The highest BCUT2D eigenvalue weighted by atomic mass is 35.5. The van der Waals surface area contributed by atoms with Gasteiger partial charge in [-0.15, -0.1) is 11.3 Å². The average Bonchev–Trinajstić information content (AvgIpc) is 3.48. The first-order valence-electron chi connectivity index (χ1n) is 10.9. The number of aryl methyl sites for hydroxylation is 1. The van der Waals surface area contributed by atoms with E-state index in [1.165, 1.54) is 11.3 Å². The Morgan fingerprint density at radius 2 is 2.15 bits per heavy atom. The van der Waals surface area contributed by atoms with E-state index in [9.17, 15) is 4.79 Å². The fourth-order valence-electron chi connectivity index (χ4n) is 4.22. The van der Waals surface area contributed by atoms with Crippen molar-refractivity contribution in [3.8, 4) is 10.6 Å². The van der Waals surface area contributed by atoms with E-state index in [2.05, 4.69) is 15.0 Å². The number of hydrogen-bond acceptors (Lipinski definition) is 6. The zero-order valence-corrected chi connectivity index (χ0v) is 19.8. The Kier molecular flexibility index (Phi) is 6.24. The molecule has 3 aromatic heterocycles. The zero-order chi connectivity index (χ0) is 22.8. The molecule has 1 unspecified atom stereocenters. The van der Waals surface area contributed by atoms with Gasteiger partial charge in [0.05, 0.1) is 33.9 Å². The lowest BCUT2D eigenvalue weighted by Gasteiger charge is -2.31. The Labute approximate surface area is 201 Å². The number of oxazole rings is 1. The van der Waals surface area contributed by atoms with Crippen LogP contribution in [0.2, 0.25) is 5.02 Å². The Hall–Kier alpha value is -3.03. The third-order valence-corrected chi connectivity index (χ3v) is 7.07. The lowest BCUT2D eigenvalue weighted by molar-refractivity contribution is 0.0698. The van der Waals surface area contributed by atoms with Crippen LogP contribution >= 0.6 is 22.9 Å². The van der Waals surface area contributed by atoms with Crippen LogP contribution in [-0.2, 0) is 6.42 Å². The van der Waals surface area contributed by atoms with Crippen LogP contribution in [0.1, 0.15) is 52.0 Å². The number of rotatable bonds is 5. The van der Waals surface area contributed by atoms with Crippen molar-refractivity contribution in [1.29, 1.82) is 0 Å². The Bertz CT molecular complexity index is 1280. The summed E-state index contributed by atoms with van der Waals surface area (Å²) < 4.78 is 6.07. The molecule has 1 fully saturated rings. The van der Waals surface area contributed by atoms with Gasteiger partial charge in [-0.1, -0.05) is 23.7 Å². The van der Waals surface area contributed by atoms with E-state index in [4.69, 9.17) is 16.0 Å². The van der Waals surface area contributed by atoms with E-state index in [1.54, 1.807) is 24.0 Å². The molecule has 6 nitrogen and oxygen atoms in total. The van der Waals surface area contributed by atoms with Gasteiger partial charge in [-0.2, -0.15) is 0 Å². The van der Waals surface area contributed by atoms with E-state index >= 15 is 0 Å². The zero-order valence-electron chi connectivity index (χ0n) is 18.2. The minimum atomic E-state index is 0.0104. The molecule has 1 aliphatic heterocycles. The first-order chi connectivity index (χ1) is 16.1. The highest BCUT2D eigenvalue weighted by molar-refractivity contribution is 7.13. The molecule has 1 saturated heterocycles. The van der Waals surface area contributed by atoms with Crippen LogP contribution < -0.4 is 0 Å². The molecule has 1 atom stereocenters. The van der Waals surface area contributed by atoms with Crippen molar-refractivity contribution in [3.63, 3.8) is 0 Å². The standard InChI is InChI=1S/C25H23ClN4O2S/c1-16-23(33-15-29-16)22-12-18(7-8-27-22)25(31)30-9-3-5-19(14-30)24-28-13-21(32-24)11-17-4-2-6-20(26)10-17/h2,4,6-8,10,12-13,15,19H,3,5,9,11,14H2,1H3. The van der Waals surface area contributed by atoms with Crippen LogP contribution in [0.15, 0.2) is 58.7 Å². The molecular formula is C25H23ClN4O2S. The van der Waals surface area contributed by atoms with Crippen molar-refractivity contribution >= 4 is 28.8 Å². The minimum absolute atomic E-state index is 0.0104. The fraction of sp³-hybridized carbons (Fsp3) is 0.280. The molecule has 0 radical (unpaired) electrons. The topological polar surface area (TPSA) is 72.1 Å². The van der Waals surface area contributed by atoms with Crippen LogP contribution in [0.25, 0.3) is 10.6 Å². The molecule has 168 valence electrons. The molecule has 4 heterocycles. The summed E-state index contributed by atoms with van der Waals surface area (Å²) in [6.07, 6.45) is 5.97. The SMILES string of the molecule is Cc1ncsc1-c1cc(C(=O)N2CCCC(c3ncc(Cc4cccc(Cl)c4)o3)C2)ccn1. The third kappa shape index (κ3) is 4.84. The first kappa shape index (κ1) is 21.8. The van der Waals surface area contributed by atoms with Gasteiger partial charge in [-0.25, -0.2) is 9.97 Å². The maximum atomic E-state index is 13.3. The van der Waals surface area contributed by atoms with Gasteiger partial charge in [0.1, 0.15) is 5.76 Å². The van der Waals surface area contributed by atoms with Crippen molar-refractivity contribution in [2.24, 2.45) is 0 Å². The van der Waals surface area contributed by atoms with Gasteiger partial charge >= 0.3 is 0 Å². The summed E-state index contributed by atoms with van der Waals surface area (Å²) in [6, 6.07) is 11.4.